The Kier molecular flexibility index (Phi) is 6.55. The Morgan fingerprint density at radius 3 is 1.40 bits per heavy atom. The average molecular weight is 517 g/mol. The molecule has 0 aliphatic rings. The Balaban J connectivity index is 2.61. The van der Waals surface area contributed by atoms with Crippen molar-refractivity contribution >= 4 is 18.4 Å². The van der Waals surface area contributed by atoms with Crippen molar-refractivity contribution in [2.24, 2.45) is 0 Å². The van der Waals surface area contributed by atoms with Gasteiger partial charge < -0.3 is 0 Å². The first-order valence-electron chi connectivity index (χ1n) is 8.02. The summed E-state index contributed by atoms with van der Waals surface area (Å²) in [5, 5.41) is -0.881. The molecule has 12 heteroatoms. The van der Waals surface area contributed by atoms with Crippen molar-refractivity contribution < 1.29 is 48.3 Å². The molecule has 0 aromatic heterocycles. The molecule has 0 fully saturated rings. The Bertz CT molecular complexity index is 832. The molecule has 168 valence electrons. The van der Waals surface area contributed by atoms with Gasteiger partial charge in [0.25, 0.3) is 0 Å². The summed E-state index contributed by atoms with van der Waals surface area (Å²) in [6, 6.07) is 12.0. The van der Waals surface area contributed by atoms with Gasteiger partial charge in [0.1, 0.15) is 0 Å². The Labute approximate surface area is 167 Å². The van der Waals surface area contributed by atoms with E-state index in [1.807, 2.05) is 0 Å². The molecule has 30 heavy (non-hydrogen) atoms. The summed E-state index contributed by atoms with van der Waals surface area (Å²) in [4.78, 5) is -5.84. The molecule has 0 heterocycles. The van der Waals surface area contributed by atoms with E-state index in [4.69, 9.17) is 0 Å². The molecule has 2 aromatic rings. The molecular formula is C18H13F11Se. The van der Waals surface area contributed by atoms with Gasteiger partial charge in [0.15, 0.2) is 0 Å². The molecule has 2 aromatic carbocycles. The summed E-state index contributed by atoms with van der Waals surface area (Å²) >= 11 is -4.73. The van der Waals surface area contributed by atoms with Gasteiger partial charge in [0, 0.05) is 0 Å². The molecule has 2 rings (SSSR count). The second kappa shape index (κ2) is 8.03. The molecule has 0 saturated carbocycles. The van der Waals surface area contributed by atoms with E-state index in [-0.39, 0.29) is 5.56 Å². The fourth-order valence-corrected chi connectivity index (χ4v) is 7.27. The molecule has 0 bridgehead atoms. The van der Waals surface area contributed by atoms with Crippen molar-refractivity contribution in [2.75, 3.05) is 0 Å². The van der Waals surface area contributed by atoms with Crippen molar-refractivity contribution in [3.05, 3.63) is 66.2 Å². The molecule has 0 spiro atoms. The summed E-state index contributed by atoms with van der Waals surface area (Å²) in [5.74, 6) is -21.7. The quantitative estimate of drug-likeness (QED) is 0.334. The third kappa shape index (κ3) is 4.03. The van der Waals surface area contributed by atoms with E-state index in [9.17, 15) is 48.3 Å². The second-order valence-electron chi connectivity index (χ2n) is 6.17. The minimum absolute atomic E-state index is 0.0164. The fraction of sp³-hybridized carbons (Fsp3) is 0.333. The zero-order chi connectivity index (χ0) is 23.0. The maximum atomic E-state index is 14.8. The molecule has 1 unspecified atom stereocenters. The predicted octanol–water partition coefficient (Wildman–Crippen LogP) is 5.55. The van der Waals surface area contributed by atoms with Crippen molar-refractivity contribution in [1.29, 1.82) is 0 Å². The van der Waals surface area contributed by atoms with Crippen molar-refractivity contribution in [3.63, 3.8) is 0 Å². The van der Waals surface area contributed by atoms with Crippen molar-refractivity contribution in [2.45, 2.75) is 34.1 Å². The molecule has 0 aliphatic carbocycles. The van der Waals surface area contributed by atoms with Crippen LogP contribution in [0, 0.1) is 0 Å². The number of halogens is 11. The van der Waals surface area contributed by atoms with Crippen LogP contribution in [0.5, 0.6) is 0 Å². The first kappa shape index (κ1) is 24.5. The molecule has 0 saturated heterocycles. The topological polar surface area (TPSA) is 0 Å². The Morgan fingerprint density at radius 1 is 0.533 bits per heavy atom. The summed E-state index contributed by atoms with van der Waals surface area (Å²) in [7, 11) is 0. The SMILES string of the molecule is FC(F)(F)C(F)(F)C(F)(F)C(F)(F)C(F)(F)[SeH](Cc1ccccc1)c1ccccc1. The van der Waals surface area contributed by atoms with Crippen LogP contribution in [0.15, 0.2) is 60.7 Å². The molecule has 1 atom stereocenters. The number of alkyl halides is 11. The molecule has 0 aliphatic heterocycles. The summed E-state index contributed by atoms with van der Waals surface area (Å²) in [6.45, 7) is 0. The van der Waals surface area contributed by atoms with E-state index in [0.717, 1.165) is 24.3 Å². The monoisotopic (exact) mass is 518 g/mol. The zero-order valence-corrected chi connectivity index (χ0v) is 16.5. The predicted molar refractivity (Wildman–Crippen MR) is 89.2 cm³/mol. The van der Waals surface area contributed by atoms with Crippen LogP contribution < -0.4 is 4.46 Å². The number of hydrogen-bond acceptors (Lipinski definition) is 0. The number of benzene rings is 2. The molecule has 0 nitrogen and oxygen atoms in total. The second-order valence-corrected chi connectivity index (χ2v) is 10.9. The molecular weight excluding hydrogens is 504 g/mol. The number of rotatable bonds is 7. The normalized spacial score (nSPS) is 15.8. The zero-order valence-electron chi connectivity index (χ0n) is 14.6. The van der Waals surface area contributed by atoms with Crippen molar-refractivity contribution in [3.8, 4) is 0 Å². The van der Waals surface area contributed by atoms with Gasteiger partial charge in [0.05, 0.1) is 0 Å². The van der Waals surface area contributed by atoms with Gasteiger partial charge in [0.2, 0.25) is 0 Å². The first-order chi connectivity index (χ1) is 13.6. The van der Waals surface area contributed by atoms with Crippen LogP contribution in [0.25, 0.3) is 0 Å². The first-order valence-corrected chi connectivity index (χ1v) is 11.2. The molecule has 0 radical (unpaired) electrons. The van der Waals surface area contributed by atoms with Crippen LogP contribution in [0.1, 0.15) is 5.56 Å². The van der Waals surface area contributed by atoms with Crippen molar-refractivity contribution in [1.82, 2.24) is 0 Å². The van der Waals surface area contributed by atoms with E-state index in [2.05, 4.69) is 0 Å². The van der Waals surface area contributed by atoms with Gasteiger partial charge >= 0.3 is 167 Å². The molecule has 0 N–H and O–H groups in total. The van der Waals surface area contributed by atoms with E-state index in [1.165, 1.54) is 36.4 Å². The standard InChI is InChI=1S/C18H13F11Se/c19-14(20,15(21,22)17(25,26)27)16(23,24)18(28,29)30(13-9-5-2-6-10-13)11-12-7-3-1-4-8-12/h1-10,30H,11H2. The van der Waals surface area contributed by atoms with Gasteiger partial charge in [-0.05, 0) is 0 Å². The summed E-state index contributed by atoms with van der Waals surface area (Å²) in [6.07, 6.45) is -7.17. The van der Waals surface area contributed by atoms with Crippen LogP contribution in [-0.2, 0) is 5.32 Å². The summed E-state index contributed by atoms with van der Waals surface area (Å²) in [5.41, 5.74) is 0.0164. The summed E-state index contributed by atoms with van der Waals surface area (Å²) < 4.78 is 148. The third-order valence-electron chi connectivity index (χ3n) is 4.11. The maximum absolute atomic E-state index is 14.8. The fourth-order valence-electron chi connectivity index (χ4n) is 2.46. The van der Waals surface area contributed by atoms with Crippen LogP contribution in [0.2, 0.25) is 0 Å². The van der Waals surface area contributed by atoms with Crippen LogP contribution >= 0.6 is 0 Å². The van der Waals surface area contributed by atoms with Crippen LogP contribution in [-0.4, -0.2) is 42.7 Å². The van der Waals surface area contributed by atoms with Gasteiger partial charge in [-0.15, -0.1) is 0 Å². The van der Waals surface area contributed by atoms with Gasteiger partial charge in [-0.25, -0.2) is 0 Å². The Morgan fingerprint density at radius 2 is 0.967 bits per heavy atom. The van der Waals surface area contributed by atoms with Gasteiger partial charge in [-0.1, -0.05) is 0 Å². The van der Waals surface area contributed by atoms with E-state index in [1.54, 1.807) is 0 Å². The van der Waals surface area contributed by atoms with E-state index >= 15 is 0 Å². The Hall–Kier alpha value is -1.81. The van der Waals surface area contributed by atoms with Gasteiger partial charge in [-0.2, -0.15) is 0 Å². The number of hydrogen-bond donors (Lipinski definition) is 0. The van der Waals surface area contributed by atoms with Crippen LogP contribution in [0.4, 0.5) is 48.3 Å². The third-order valence-corrected chi connectivity index (χ3v) is 9.49. The van der Waals surface area contributed by atoms with E-state index < -0.39 is 52.4 Å². The van der Waals surface area contributed by atoms with E-state index in [0.29, 0.717) is 0 Å². The molecule has 0 amide bonds. The van der Waals surface area contributed by atoms with Gasteiger partial charge in [-0.3, -0.25) is 0 Å². The minimum atomic E-state index is -7.39. The van der Waals surface area contributed by atoms with Crippen LogP contribution in [0.3, 0.4) is 0 Å². The average Bonchev–Trinajstić information content (AvgIpc) is 2.66.